The number of ether oxygens (including phenoxy) is 2. The number of carbonyl (C=O) groups excluding carboxylic acids is 2. The Balaban J connectivity index is 1.57. The molecule has 0 saturated carbocycles. The number of halogens is 1. The van der Waals surface area contributed by atoms with E-state index in [4.69, 9.17) is 9.47 Å². The van der Waals surface area contributed by atoms with Crippen molar-refractivity contribution in [1.29, 1.82) is 0 Å². The lowest BCUT2D eigenvalue weighted by Crippen LogP contribution is -2.31. The van der Waals surface area contributed by atoms with Gasteiger partial charge in [0.2, 0.25) is 0 Å². The Hall–Kier alpha value is -3.58. The molecule has 0 spiro atoms. The maximum Gasteiger partial charge on any atom is 0.295 e. The second kappa shape index (κ2) is 9.35. The van der Waals surface area contributed by atoms with Crippen LogP contribution in [0.15, 0.2) is 82.8 Å². The Kier molecular flexibility index (Phi) is 6.11. The molecule has 172 valence electrons. The summed E-state index contributed by atoms with van der Waals surface area (Å²) >= 11 is 3.44. The molecule has 7 heteroatoms. The molecule has 6 nitrogen and oxygen atoms in total. The summed E-state index contributed by atoms with van der Waals surface area (Å²) in [6, 6.07) is 21.5. The number of hydrogen-bond acceptors (Lipinski definition) is 5. The summed E-state index contributed by atoms with van der Waals surface area (Å²) < 4.78 is 12.1. The number of fused-ring (bicyclic) bond motifs is 1. The lowest BCUT2D eigenvalue weighted by atomic mass is 9.95. The number of hydrogen-bond donors (Lipinski definition) is 1. The van der Waals surface area contributed by atoms with Gasteiger partial charge in [-0.3, -0.25) is 9.59 Å². The third-order valence-corrected chi connectivity index (χ3v) is 6.55. The van der Waals surface area contributed by atoms with Crippen molar-refractivity contribution in [1.82, 2.24) is 4.90 Å². The fourth-order valence-electron chi connectivity index (χ4n) is 4.34. The summed E-state index contributed by atoms with van der Waals surface area (Å²) in [6.45, 7) is 1.20. The summed E-state index contributed by atoms with van der Waals surface area (Å²) in [6.07, 6.45) is 0.588. The molecular weight excluding hydrogens is 498 g/mol. The van der Waals surface area contributed by atoms with Crippen molar-refractivity contribution in [2.75, 3.05) is 19.8 Å². The minimum atomic E-state index is -0.704. The summed E-state index contributed by atoms with van der Waals surface area (Å²) in [4.78, 5) is 27.9. The van der Waals surface area contributed by atoms with Gasteiger partial charge in [0, 0.05) is 16.6 Å². The molecule has 2 heterocycles. The van der Waals surface area contributed by atoms with Gasteiger partial charge in [-0.2, -0.15) is 0 Å². The quantitative estimate of drug-likeness (QED) is 0.295. The van der Waals surface area contributed by atoms with Crippen LogP contribution in [0.1, 0.15) is 22.7 Å². The van der Waals surface area contributed by atoms with Crippen LogP contribution in [0.2, 0.25) is 0 Å². The van der Waals surface area contributed by atoms with Crippen molar-refractivity contribution in [3.05, 3.63) is 99.5 Å². The molecule has 0 radical (unpaired) electrons. The van der Waals surface area contributed by atoms with Crippen LogP contribution in [0.5, 0.6) is 11.5 Å². The van der Waals surface area contributed by atoms with E-state index in [9.17, 15) is 14.7 Å². The molecule has 1 fully saturated rings. The molecule has 5 rings (SSSR count). The van der Waals surface area contributed by atoms with E-state index in [1.54, 1.807) is 23.1 Å². The Morgan fingerprint density at radius 2 is 1.65 bits per heavy atom. The highest BCUT2D eigenvalue weighted by atomic mass is 79.9. The SMILES string of the molecule is O=C1C(=O)N(CCc2ccccc2)C(c2ccc(Br)cc2)C1=C(O)c1ccc2c(c1)OCCO2. The van der Waals surface area contributed by atoms with Crippen molar-refractivity contribution in [3.63, 3.8) is 0 Å². The number of ketones is 1. The largest absolute Gasteiger partial charge is 0.507 e. The molecule has 1 atom stereocenters. The van der Waals surface area contributed by atoms with E-state index in [1.807, 2.05) is 54.6 Å². The predicted octanol–water partition coefficient (Wildman–Crippen LogP) is 4.88. The van der Waals surface area contributed by atoms with Gasteiger partial charge in [-0.25, -0.2) is 0 Å². The van der Waals surface area contributed by atoms with Gasteiger partial charge in [0.25, 0.3) is 11.7 Å². The van der Waals surface area contributed by atoms with Gasteiger partial charge < -0.3 is 19.5 Å². The van der Waals surface area contributed by atoms with E-state index in [0.29, 0.717) is 43.2 Å². The number of aliphatic hydroxyl groups is 1. The fourth-order valence-corrected chi connectivity index (χ4v) is 4.61. The summed E-state index contributed by atoms with van der Waals surface area (Å²) in [7, 11) is 0. The van der Waals surface area contributed by atoms with E-state index in [2.05, 4.69) is 15.9 Å². The number of amides is 1. The van der Waals surface area contributed by atoms with E-state index < -0.39 is 17.7 Å². The predicted molar refractivity (Wildman–Crippen MR) is 131 cm³/mol. The zero-order chi connectivity index (χ0) is 23.7. The Labute approximate surface area is 205 Å². The second-order valence-corrected chi connectivity index (χ2v) is 9.05. The first-order valence-electron chi connectivity index (χ1n) is 11.0. The molecule has 3 aromatic rings. The molecule has 0 bridgehead atoms. The van der Waals surface area contributed by atoms with Gasteiger partial charge in [0.15, 0.2) is 11.5 Å². The molecule has 1 amide bonds. The smallest absolute Gasteiger partial charge is 0.295 e. The molecule has 1 unspecified atom stereocenters. The van der Waals surface area contributed by atoms with Gasteiger partial charge in [0.05, 0.1) is 11.6 Å². The van der Waals surface area contributed by atoms with Gasteiger partial charge >= 0.3 is 0 Å². The first-order valence-corrected chi connectivity index (χ1v) is 11.8. The molecule has 1 saturated heterocycles. The van der Waals surface area contributed by atoms with E-state index in [1.165, 1.54) is 0 Å². The number of Topliss-reactive ketones (excluding diaryl/α,β-unsaturated/α-hetero) is 1. The van der Waals surface area contributed by atoms with Gasteiger partial charge in [0.1, 0.15) is 19.0 Å². The van der Waals surface area contributed by atoms with E-state index >= 15 is 0 Å². The average molecular weight is 520 g/mol. The normalized spacial score (nSPS) is 18.9. The number of benzene rings is 3. The molecular formula is C27H22BrNO5. The summed E-state index contributed by atoms with van der Waals surface area (Å²) in [5.41, 5.74) is 2.27. The Morgan fingerprint density at radius 1 is 0.941 bits per heavy atom. The fraction of sp³-hybridized carbons (Fsp3) is 0.185. The van der Waals surface area contributed by atoms with Crippen LogP contribution < -0.4 is 9.47 Å². The molecule has 0 aliphatic carbocycles. The van der Waals surface area contributed by atoms with Gasteiger partial charge in [-0.15, -0.1) is 0 Å². The maximum absolute atomic E-state index is 13.2. The van der Waals surface area contributed by atoms with Crippen LogP contribution in [0.3, 0.4) is 0 Å². The van der Waals surface area contributed by atoms with Crippen LogP contribution in [-0.4, -0.2) is 41.5 Å². The molecule has 0 aromatic heterocycles. The van der Waals surface area contributed by atoms with Gasteiger partial charge in [-0.05, 0) is 47.9 Å². The monoisotopic (exact) mass is 519 g/mol. The van der Waals surface area contributed by atoms with Crippen LogP contribution in [0.4, 0.5) is 0 Å². The molecule has 1 N–H and O–H groups in total. The van der Waals surface area contributed by atoms with E-state index in [-0.39, 0.29) is 11.3 Å². The molecule has 3 aromatic carbocycles. The Bertz CT molecular complexity index is 1270. The molecule has 34 heavy (non-hydrogen) atoms. The number of aliphatic hydroxyl groups excluding tert-OH is 1. The minimum Gasteiger partial charge on any atom is -0.507 e. The Morgan fingerprint density at radius 3 is 2.38 bits per heavy atom. The van der Waals surface area contributed by atoms with E-state index in [0.717, 1.165) is 15.6 Å². The van der Waals surface area contributed by atoms with Crippen molar-refractivity contribution in [2.24, 2.45) is 0 Å². The van der Waals surface area contributed by atoms with Crippen LogP contribution in [0, 0.1) is 0 Å². The first-order chi connectivity index (χ1) is 16.5. The van der Waals surface area contributed by atoms with Crippen molar-refractivity contribution < 1.29 is 24.2 Å². The molecule has 2 aliphatic rings. The van der Waals surface area contributed by atoms with Crippen LogP contribution >= 0.6 is 15.9 Å². The third-order valence-electron chi connectivity index (χ3n) is 6.03. The van der Waals surface area contributed by atoms with Gasteiger partial charge in [-0.1, -0.05) is 58.4 Å². The second-order valence-electron chi connectivity index (χ2n) is 8.14. The van der Waals surface area contributed by atoms with Crippen LogP contribution in [0.25, 0.3) is 5.76 Å². The highest BCUT2D eigenvalue weighted by Crippen LogP contribution is 2.41. The highest BCUT2D eigenvalue weighted by molar-refractivity contribution is 9.10. The van der Waals surface area contributed by atoms with Crippen molar-refractivity contribution in [3.8, 4) is 11.5 Å². The molecule has 2 aliphatic heterocycles. The lowest BCUT2D eigenvalue weighted by molar-refractivity contribution is -0.139. The summed E-state index contributed by atoms with van der Waals surface area (Å²) in [5, 5.41) is 11.3. The van der Waals surface area contributed by atoms with Crippen LogP contribution in [-0.2, 0) is 16.0 Å². The van der Waals surface area contributed by atoms with Crippen molar-refractivity contribution >= 4 is 33.4 Å². The van der Waals surface area contributed by atoms with Crippen molar-refractivity contribution in [2.45, 2.75) is 12.5 Å². The zero-order valence-corrected chi connectivity index (χ0v) is 19.8. The lowest BCUT2D eigenvalue weighted by Gasteiger charge is -2.25. The number of likely N-dealkylation sites (tertiary alicyclic amines) is 1. The maximum atomic E-state index is 13.2. The minimum absolute atomic E-state index is 0.0667. The summed E-state index contributed by atoms with van der Waals surface area (Å²) in [5.74, 6) is -0.480. The average Bonchev–Trinajstić information content (AvgIpc) is 3.12. The topological polar surface area (TPSA) is 76.1 Å². The first kappa shape index (κ1) is 22.2. The number of carbonyl (C=O) groups is 2. The number of nitrogens with zero attached hydrogens (tertiary/aromatic N) is 1. The third kappa shape index (κ3) is 4.19. The highest BCUT2D eigenvalue weighted by Gasteiger charge is 2.45. The zero-order valence-electron chi connectivity index (χ0n) is 18.2. The number of rotatable bonds is 5. The standard InChI is InChI=1S/C27H22BrNO5/c28-20-9-6-18(7-10-20)24-23(25(30)19-8-11-21-22(16-19)34-15-14-33-21)26(31)27(32)29(24)13-12-17-4-2-1-3-5-17/h1-11,16,24,30H,12-15H2.